The van der Waals surface area contributed by atoms with Crippen molar-refractivity contribution in [3.63, 3.8) is 0 Å². The number of nitrogens with zero attached hydrogens (tertiary/aromatic N) is 2. The molecule has 0 saturated carbocycles. The number of benzene rings is 2. The molecule has 1 aliphatic heterocycles. The van der Waals surface area contributed by atoms with E-state index in [2.05, 4.69) is 31.2 Å². The van der Waals surface area contributed by atoms with E-state index in [1.165, 1.54) is 20.9 Å². The molecule has 148 valence electrons. The predicted octanol–water partition coefficient (Wildman–Crippen LogP) is 1.30. The third kappa shape index (κ3) is 5.20. The first kappa shape index (κ1) is 20.1. The molecule has 0 radical (unpaired) electrons. The maximum absolute atomic E-state index is 12.6. The number of hydrogen-bond donors (Lipinski definition) is 1. The quantitative estimate of drug-likeness (QED) is 0.850. The van der Waals surface area contributed by atoms with Gasteiger partial charge in [-0.25, -0.2) is 0 Å². The van der Waals surface area contributed by atoms with Crippen molar-refractivity contribution in [1.82, 2.24) is 9.80 Å². The van der Waals surface area contributed by atoms with Gasteiger partial charge in [0.05, 0.1) is 32.7 Å². The van der Waals surface area contributed by atoms with E-state index in [1.54, 1.807) is 13.1 Å². The zero-order valence-corrected chi connectivity index (χ0v) is 17.1. The van der Waals surface area contributed by atoms with Crippen molar-refractivity contribution < 1.29 is 14.5 Å². The highest BCUT2D eigenvalue weighted by atomic mass is 16.2. The monoisotopic (exact) mass is 380 g/mol. The zero-order valence-electron chi connectivity index (χ0n) is 17.1. The molecular weight excluding hydrogens is 350 g/mol. The van der Waals surface area contributed by atoms with Crippen molar-refractivity contribution in [3.8, 4) is 0 Å². The van der Waals surface area contributed by atoms with Crippen molar-refractivity contribution >= 4 is 11.8 Å². The number of hydrogen-bond acceptors (Lipinski definition) is 2. The van der Waals surface area contributed by atoms with Gasteiger partial charge in [-0.15, -0.1) is 0 Å². The highest BCUT2D eigenvalue weighted by Gasteiger charge is 2.25. The normalized spacial score (nSPS) is 14.8. The van der Waals surface area contributed by atoms with Crippen LogP contribution >= 0.6 is 0 Å². The van der Waals surface area contributed by atoms with Crippen molar-refractivity contribution in [3.05, 3.63) is 70.8 Å². The highest BCUT2D eigenvalue weighted by molar-refractivity contribution is 5.96. The molecule has 0 unspecified atom stereocenters. The van der Waals surface area contributed by atoms with Crippen LogP contribution in [0.2, 0.25) is 0 Å². The predicted molar refractivity (Wildman–Crippen MR) is 110 cm³/mol. The number of likely N-dealkylation sites (N-methyl/N-ethyl adjacent to an activating group) is 1. The van der Waals surface area contributed by atoms with Crippen LogP contribution in [-0.2, 0) is 11.3 Å². The molecule has 0 spiro atoms. The summed E-state index contributed by atoms with van der Waals surface area (Å²) < 4.78 is 0. The Labute approximate surface area is 167 Å². The van der Waals surface area contributed by atoms with Gasteiger partial charge in [0.2, 0.25) is 5.91 Å². The fourth-order valence-corrected chi connectivity index (χ4v) is 3.73. The van der Waals surface area contributed by atoms with Gasteiger partial charge >= 0.3 is 0 Å². The van der Waals surface area contributed by atoms with E-state index in [0.29, 0.717) is 5.56 Å². The van der Waals surface area contributed by atoms with Crippen molar-refractivity contribution in [2.24, 2.45) is 0 Å². The van der Waals surface area contributed by atoms with Gasteiger partial charge in [0.25, 0.3) is 5.91 Å². The molecule has 1 heterocycles. The molecule has 0 aromatic heterocycles. The third-order valence-corrected chi connectivity index (χ3v) is 5.34. The Balaban J connectivity index is 1.49. The lowest BCUT2D eigenvalue weighted by molar-refractivity contribution is -0.917. The van der Waals surface area contributed by atoms with E-state index in [4.69, 9.17) is 0 Å². The Morgan fingerprint density at radius 1 is 1.00 bits per heavy atom. The van der Waals surface area contributed by atoms with Gasteiger partial charge in [0, 0.05) is 18.2 Å². The number of quaternary nitrogens is 1. The molecule has 1 fully saturated rings. The van der Waals surface area contributed by atoms with E-state index in [9.17, 15) is 9.59 Å². The number of carbonyl (C=O) groups excluding carboxylic acids is 2. The number of aryl methyl sites for hydroxylation is 2. The Morgan fingerprint density at radius 3 is 2.29 bits per heavy atom. The number of nitrogens with one attached hydrogen (secondary N) is 1. The fraction of sp³-hybridized carbons (Fsp3) is 0.391. The molecule has 3 rings (SSSR count). The number of rotatable bonds is 5. The molecule has 1 aliphatic rings. The Hall–Kier alpha value is -2.66. The first-order valence-electron chi connectivity index (χ1n) is 9.91. The number of piperazine rings is 1. The second kappa shape index (κ2) is 9.02. The minimum absolute atomic E-state index is 0.0260. The van der Waals surface area contributed by atoms with Crippen LogP contribution in [0.25, 0.3) is 0 Å². The molecule has 1 N–H and O–H groups in total. The summed E-state index contributed by atoms with van der Waals surface area (Å²) in [6.45, 7) is 8.56. The molecule has 0 bridgehead atoms. The summed E-state index contributed by atoms with van der Waals surface area (Å²) in [5.74, 6) is -0.0844. The highest BCUT2D eigenvalue weighted by Crippen LogP contribution is 2.07. The van der Waals surface area contributed by atoms with Gasteiger partial charge in [-0.05, 0) is 26.0 Å². The van der Waals surface area contributed by atoms with E-state index >= 15 is 0 Å². The molecule has 2 aromatic carbocycles. The van der Waals surface area contributed by atoms with Gasteiger partial charge in [-0.1, -0.05) is 47.5 Å². The summed E-state index contributed by atoms with van der Waals surface area (Å²) in [6, 6.07) is 16.1. The van der Waals surface area contributed by atoms with E-state index in [1.807, 2.05) is 30.0 Å². The molecule has 5 heteroatoms. The molecule has 2 aromatic rings. The number of carbonyl (C=O) groups is 2. The maximum Gasteiger partial charge on any atom is 0.254 e. The summed E-state index contributed by atoms with van der Waals surface area (Å²) in [7, 11) is 1.70. The second-order valence-corrected chi connectivity index (χ2v) is 7.83. The summed E-state index contributed by atoms with van der Waals surface area (Å²) in [4.78, 5) is 30.1. The van der Waals surface area contributed by atoms with E-state index in [0.717, 1.165) is 38.3 Å². The largest absolute Gasteiger partial charge is 0.332 e. The average molecular weight is 381 g/mol. The van der Waals surface area contributed by atoms with E-state index < -0.39 is 0 Å². The van der Waals surface area contributed by atoms with Crippen LogP contribution in [0.4, 0.5) is 0 Å². The summed E-state index contributed by atoms with van der Waals surface area (Å²) in [5, 5.41) is 0. The molecule has 2 amide bonds. The third-order valence-electron chi connectivity index (χ3n) is 5.34. The van der Waals surface area contributed by atoms with Crippen LogP contribution in [-0.4, -0.2) is 61.4 Å². The van der Waals surface area contributed by atoms with Crippen LogP contribution in [0.1, 0.15) is 27.0 Å². The van der Waals surface area contributed by atoms with Crippen molar-refractivity contribution in [2.75, 3.05) is 39.8 Å². The Kier molecular flexibility index (Phi) is 6.47. The van der Waals surface area contributed by atoms with Gasteiger partial charge in [0.15, 0.2) is 0 Å². The second-order valence-electron chi connectivity index (χ2n) is 7.83. The number of amides is 2. The van der Waals surface area contributed by atoms with Gasteiger partial charge in [-0.3, -0.25) is 9.59 Å². The van der Waals surface area contributed by atoms with Crippen LogP contribution in [0, 0.1) is 13.8 Å². The summed E-state index contributed by atoms with van der Waals surface area (Å²) in [5.41, 5.74) is 4.30. The molecule has 28 heavy (non-hydrogen) atoms. The molecule has 0 aliphatic carbocycles. The van der Waals surface area contributed by atoms with Crippen molar-refractivity contribution in [2.45, 2.75) is 20.4 Å². The lowest BCUT2D eigenvalue weighted by atomic mass is 10.1. The van der Waals surface area contributed by atoms with Crippen LogP contribution < -0.4 is 4.90 Å². The SMILES string of the molecule is Cc1cccc(C[NH+]2CCN(C(=O)CN(C)C(=O)c3cccc(C)c3)CC2)c1. The van der Waals surface area contributed by atoms with E-state index in [-0.39, 0.29) is 18.4 Å². The Morgan fingerprint density at radius 2 is 1.64 bits per heavy atom. The van der Waals surface area contributed by atoms with Crippen LogP contribution in [0.5, 0.6) is 0 Å². The Bertz CT molecular complexity index is 841. The van der Waals surface area contributed by atoms with Gasteiger partial charge < -0.3 is 14.7 Å². The van der Waals surface area contributed by atoms with Crippen LogP contribution in [0.15, 0.2) is 48.5 Å². The lowest BCUT2D eigenvalue weighted by Gasteiger charge is -2.33. The topological polar surface area (TPSA) is 45.1 Å². The van der Waals surface area contributed by atoms with Gasteiger partial charge in [0.1, 0.15) is 6.54 Å². The average Bonchev–Trinajstić information content (AvgIpc) is 2.68. The van der Waals surface area contributed by atoms with Crippen molar-refractivity contribution in [1.29, 1.82) is 0 Å². The maximum atomic E-state index is 12.6. The summed E-state index contributed by atoms with van der Waals surface area (Å²) in [6.07, 6.45) is 0. The molecular formula is C23H30N3O2+. The van der Waals surface area contributed by atoms with Gasteiger partial charge in [-0.2, -0.15) is 0 Å². The zero-order chi connectivity index (χ0) is 20.1. The lowest BCUT2D eigenvalue weighted by Crippen LogP contribution is -3.13. The first-order chi connectivity index (χ1) is 13.4. The van der Waals surface area contributed by atoms with Crippen LogP contribution in [0.3, 0.4) is 0 Å². The molecule has 5 nitrogen and oxygen atoms in total. The molecule has 0 atom stereocenters. The first-order valence-corrected chi connectivity index (χ1v) is 9.91. The smallest absolute Gasteiger partial charge is 0.254 e. The molecule has 1 saturated heterocycles. The minimum atomic E-state index is -0.110. The standard InChI is InChI=1S/C23H29N3O2/c1-18-6-4-8-20(14-18)16-25-10-12-26(13-11-25)22(27)17-24(3)23(28)21-9-5-7-19(2)15-21/h4-9,14-15H,10-13,16-17H2,1-3H3/p+1. The fourth-order valence-electron chi connectivity index (χ4n) is 3.73. The summed E-state index contributed by atoms with van der Waals surface area (Å²) >= 11 is 0. The minimum Gasteiger partial charge on any atom is -0.332 e.